The number of piperazine rings is 1. The van der Waals surface area contributed by atoms with Crippen molar-refractivity contribution in [3.8, 4) is 5.75 Å². The Balaban J connectivity index is 1.66. The maximum Gasteiger partial charge on any atom is 0.118 e. The van der Waals surface area contributed by atoms with E-state index in [1.165, 1.54) is 17.6 Å². The maximum absolute atomic E-state index is 12.5. The fourth-order valence-corrected chi connectivity index (χ4v) is 5.27. The van der Waals surface area contributed by atoms with Crippen molar-refractivity contribution < 1.29 is 9.84 Å². The lowest BCUT2D eigenvalue weighted by Crippen LogP contribution is -2.51. The van der Waals surface area contributed by atoms with Crippen molar-refractivity contribution in [2.45, 2.75) is 37.7 Å². The van der Waals surface area contributed by atoms with E-state index in [4.69, 9.17) is 4.74 Å². The van der Waals surface area contributed by atoms with Gasteiger partial charge in [-0.2, -0.15) is 0 Å². The van der Waals surface area contributed by atoms with Crippen LogP contribution in [0.15, 0.2) is 60.2 Å². The molecule has 1 saturated carbocycles. The van der Waals surface area contributed by atoms with Crippen LogP contribution in [0.2, 0.25) is 0 Å². The molecule has 1 aliphatic carbocycles. The molecule has 32 heavy (non-hydrogen) atoms. The zero-order chi connectivity index (χ0) is 22.4. The molecule has 2 atom stereocenters. The van der Waals surface area contributed by atoms with Crippen LogP contribution in [-0.4, -0.2) is 67.4 Å². The molecule has 1 N–H and O–H groups in total. The van der Waals surface area contributed by atoms with Gasteiger partial charge in [-0.1, -0.05) is 55.0 Å². The van der Waals surface area contributed by atoms with Crippen molar-refractivity contribution in [2.24, 2.45) is 5.92 Å². The molecule has 4 nitrogen and oxygen atoms in total. The highest BCUT2D eigenvalue weighted by Crippen LogP contribution is 2.41. The van der Waals surface area contributed by atoms with E-state index in [9.17, 15) is 5.11 Å². The minimum atomic E-state index is -0.843. The van der Waals surface area contributed by atoms with Gasteiger partial charge in [-0.15, -0.1) is 0 Å². The van der Waals surface area contributed by atoms with Crippen molar-refractivity contribution in [3.05, 3.63) is 71.3 Å². The van der Waals surface area contributed by atoms with Crippen molar-refractivity contribution in [1.82, 2.24) is 9.80 Å². The SMILES string of the molecule is COc1ccc(CC2(O)C(=Cc3ccccc3)CCCCC2CN2CCN(C)CC2)cc1. The smallest absolute Gasteiger partial charge is 0.118 e. The summed E-state index contributed by atoms with van der Waals surface area (Å²) in [4.78, 5) is 4.96. The summed E-state index contributed by atoms with van der Waals surface area (Å²) in [7, 11) is 3.89. The Morgan fingerprint density at radius 3 is 2.41 bits per heavy atom. The van der Waals surface area contributed by atoms with E-state index in [-0.39, 0.29) is 5.92 Å². The number of nitrogens with zero attached hydrogens (tertiary/aromatic N) is 2. The highest BCUT2D eigenvalue weighted by molar-refractivity contribution is 5.56. The van der Waals surface area contributed by atoms with E-state index in [1.807, 2.05) is 12.1 Å². The zero-order valence-electron chi connectivity index (χ0n) is 19.7. The molecule has 2 fully saturated rings. The van der Waals surface area contributed by atoms with Gasteiger partial charge in [-0.25, -0.2) is 0 Å². The average molecular weight is 435 g/mol. The largest absolute Gasteiger partial charge is 0.497 e. The fourth-order valence-electron chi connectivity index (χ4n) is 5.27. The molecule has 0 aromatic heterocycles. The molecule has 0 spiro atoms. The van der Waals surface area contributed by atoms with Crippen LogP contribution >= 0.6 is 0 Å². The second-order valence-corrected chi connectivity index (χ2v) is 9.58. The third-order valence-electron chi connectivity index (χ3n) is 7.33. The first-order valence-electron chi connectivity index (χ1n) is 12.1. The summed E-state index contributed by atoms with van der Waals surface area (Å²) in [6.07, 6.45) is 7.25. The summed E-state index contributed by atoms with van der Waals surface area (Å²) in [5, 5.41) is 12.5. The molecule has 4 heteroatoms. The van der Waals surface area contributed by atoms with Gasteiger partial charge in [0, 0.05) is 45.1 Å². The predicted octanol–water partition coefficient (Wildman–Crippen LogP) is 4.49. The van der Waals surface area contributed by atoms with Crippen LogP contribution < -0.4 is 4.74 Å². The van der Waals surface area contributed by atoms with Crippen LogP contribution in [-0.2, 0) is 6.42 Å². The standard InChI is InChI=1S/C28H38N2O2/c1-29-16-18-30(19-17-29)22-26-11-7-6-10-25(20-23-8-4-3-5-9-23)28(26,31)21-24-12-14-27(32-2)15-13-24/h3-5,8-9,12-15,20,26,31H,6-7,10-11,16-19,21-22H2,1-2H3. The molecular formula is C28H38N2O2. The molecule has 0 amide bonds. The molecule has 0 bridgehead atoms. The van der Waals surface area contributed by atoms with Gasteiger partial charge in [0.15, 0.2) is 0 Å². The van der Waals surface area contributed by atoms with Crippen LogP contribution in [0.4, 0.5) is 0 Å². The minimum Gasteiger partial charge on any atom is -0.497 e. The number of aliphatic hydroxyl groups is 1. The summed E-state index contributed by atoms with van der Waals surface area (Å²) in [6, 6.07) is 18.7. The van der Waals surface area contributed by atoms with E-state index in [2.05, 4.69) is 65.4 Å². The van der Waals surface area contributed by atoms with Crippen LogP contribution in [0.25, 0.3) is 6.08 Å². The molecule has 2 aromatic carbocycles. The summed E-state index contributed by atoms with van der Waals surface area (Å²) in [5.74, 6) is 1.08. The first kappa shape index (κ1) is 23.0. The summed E-state index contributed by atoms with van der Waals surface area (Å²) >= 11 is 0. The number of hydrogen-bond acceptors (Lipinski definition) is 4. The Morgan fingerprint density at radius 1 is 1.00 bits per heavy atom. The fraction of sp³-hybridized carbons (Fsp3) is 0.500. The lowest BCUT2D eigenvalue weighted by molar-refractivity contribution is -0.00644. The third kappa shape index (κ3) is 5.61. The number of ether oxygens (including phenoxy) is 1. The van der Waals surface area contributed by atoms with Gasteiger partial charge < -0.3 is 19.6 Å². The first-order valence-corrected chi connectivity index (χ1v) is 12.1. The second-order valence-electron chi connectivity index (χ2n) is 9.58. The van der Waals surface area contributed by atoms with Gasteiger partial charge in [0.05, 0.1) is 12.7 Å². The van der Waals surface area contributed by atoms with E-state index in [1.54, 1.807) is 7.11 Å². The van der Waals surface area contributed by atoms with Gasteiger partial charge in [-0.3, -0.25) is 0 Å². The Labute approximate surface area is 193 Å². The number of hydrogen-bond donors (Lipinski definition) is 1. The third-order valence-corrected chi connectivity index (χ3v) is 7.33. The first-order chi connectivity index (χ1) is 15.6. The summed E-state index contributed by atoms with van der Waals surface area (Å²) in [6.45, 7) is 5.35. The second kappa shape index (κ2) is 10.7. The number of likely N-dealkylation sites (N-methyl/N-ethyl adjacent to an activating group) is 1. The van der Waals surface area contributed by atoms with Gasteiger partial charge in [0.1, 0.15) is 5.75 Å². The predicted molar refractivity (Wildman–Crippen MR) is 132 cm³/mol. The van der Waals surface area contributed by atoms with Crippen molar-refractivity contribution in [1.29, 1.82) is 0 Å². The Hall–Kier alpha value is -2.14. The van der Waals surface area contributed by atoms with E-state index in [0.717, 1.165) is 63.3 Å². The molecule has 172 valence electrons. The molecule has 2 unspecified atom stereocenters. The summed E-state index contributed by atoms with van der Waals surface area (Å²) < 4.78 is 5.35. The summed E-state index contributed by atoms with van der Waals surface area (Å²) in [5.41, 5.74) is 2.69. The maximum atomic E-state index is 12.5. The van der Waals surface area contributed by atoms with Gasteiger partial charge in [0.25, 0.3) is 0 Å². The lowest BCUT2D eigenvalue weighted by atomic mass is 9.74. The van der Waals surface area contributed by atoms with Crippen molar-refractivity contribution in [2.75, 3.05) is 46.9 Å². The normalized spacial score (nSPS) is 26.7. The van der Waals surface area contributed by atoms with Gasteiger partial charge >= 0.3 is 0 Å². The number of methoxy groups -OCH3 is 1. The number of benzene rings is 2. The van der Waals surface area contributed by atoms with Gasteiger partial charge in [0.2, 0.25) is 0 Å². The van der Waals surface area contributed by atoms with Crippen molar-refractivity contribution >= 4 is 6.08 Å². The topological polar surface area (TPSA) is 35.9 Å². The highest BCUT2D eigenvalue weighted by Gasteiger charge is 2.42. The van der Waals surface area contributed by atoms with Crippen LogP contribution in [0.1, 0.15) is 36.8 Å². The van der Waals surface area contributed by atoms with E-state index in [0.29, 0.717) is 6.42 Å². The van der Waals surface area contributed by atoms with Gasteiger partial charge in [-0.05, 0) is 55.1 Å². The Kier molecular flexibility index (Phi) is 7.67. The quantitative estimate of drug-likeness (QED) is 0.680. The molecule has 1 aliphatic heterocycles. The number of rotatable bonds is 6. The molecule has 2 aromatic rings. The molecule has 1 saturated heterocycles. The van der Waals surface area contributed by atoms with Crippen LogP contribution in [0, 0.1) is 5.92 Å². The van der Waals surface area contributed by atoms with Crippen LogP contribution in [0.5, 0.6) is 5.75 Å². The Morgan fingerprint density at radius 2 is 1.72 bits per heavy atom. The Bertz CT molecular complexity index is 872. The minimum absolute atomic E-state index is 0.227. The van der Waals surface area contributed by atoms with E-state index < -0.39 is 5.60 Å². The highest BCUT2D eigenvalue weighted by atomic mass is 16.5. The zero-order valence-corrected chi connectivity index (χ0v) is 19.7. The molecule has 0 radical (unpaired) electrons. The molecule has 4 rings (SSSR count). The average Bonchev–Trinajstić information content (AvgIpc) is 2.96. The van der Waals surface area contributed by atoms with Crippen molar-refractivity contribution in [3.63, 3.8) is 0 Å². The molecule has 2 aliphatic rings. The van der Waals surface area contributed by atoms with Crippen LogP contribution in [0.3, 0.4) is 0 Å². The monoisotopic (exact) mass is 434 g/mol. The van der Waals surface area contributed by atoms with E-state index >= 15 is 0 Å². The lowest BCUT2D eigenvalue weighted by Gasteiger charge is -2.42. The molecular weight excluding hydrogens is 396 g/mol. The molecule has 1 heterocycles.